The van der Waals surface area contributed by atoms with Crippen LogP contribution in [0.15, 0.2) is 18.3 Å². The van der Waals surface area contributed by atoms with E-state index < -0.39 is 6.03 Å². The molecule has 41 heavy (non-hydrogen) atoms. The molecule has 2 aliphatic heterocycles. The third-order valence-corrected chi connectivity index (χ3v) is 7.54. The Morgan fingerprint density at radius 3 is 2.80 bits per heavy atom. The van der Waals surface area contributed by atoms with Gasteiger partial charge in [-0.05, 0) is 57.7 Å². The number of anilines is 3. The fraction of sp³-hybridized carbons (Fsp3) is 0.517. The lowest BCUT2D eigenvalue weighted by Gasteiger charge is -2.31. The molecule has 0 aromatic carbocycles. The minimum absolute atomic E-state index is 0.0396. The number of ether oxygens (including phenoxy) is 1. The average molecular weight is 563 g/mol. The molecular formula is C29H38N8O4. The molecule has 0 bridgehead atoms. The summed E-state index contributed by atoms with van der Waals surface area (Å²) in [6.07, 6.45) is 5.30. The van der Waals surface area contributed by atoms with E-state index in [9.17, 15) is 19.6 Å². The van der Waals surface area contributed by atoms with Gasteiger partial charge < -0.3 is 15.0 Å². The molecule has 1 atom stereocenters. The molecule has 0 aliphatic carbocycles. The number of aromatic nitrogens is 2. The van der Waals surface area contributed by atoms with Gasteiger partial charge in [-0.1, -0.05) is 0 Å². The molecule has 0 unspecified atom stereocenters. The lowest BCUT2D eigenvalue weighted by molar-refractivity contribution is -0.135. The summed E-state index contributed by atoms with van der Waals surface area (Å²) < 4.78 is 5.05. The Kier molecular flexibility index (Phi) is 9.86. The van der Waals surface area contributed by atoms with Crippen LogP contribution in [0.25, 0.3) is 0 Å². The molecule has 0 radical (unpaired) electrons. The van der Waals surface area contributed by atoms with Gasteiger partial charge >= 0.3 is 6.03 Å². The van der Waals surface area contributed by atoms with Crippen molar-refractivity contribution in [1.29, 1.82) is 5.26 Å². The van der Waals surface area contributed by atoms with Crippen LogP contribution in [0, 0.1) is 11.3 Å². The average Bonchev–Trinajstić information content (AvgIpc) is 3.47. The minimum Gasteiger partial charge on any atom is -0.383 e. The lowest BCUT2D eigenvalue weighted by Crippen LogP contribution is -2.46. The summed E-state index contributed by atoms with van der Waals surface area (Å²) in [5.41, 5.74) is 2.59. The van der Waals surface area contributed by atoms with Gasteiger partial charge in [-0.15, -0.1) is 0 Å². The zero-order valence-corrected chi connectivity index (χ0v) is 24.1. The maximum atomic E-state index is 13.3. The van der Waals surface area contributed by atoms with E-state index in [1.807, 2.05) is 6.07 Å². The Morgan fingerprint density at radius 2 is 2.10 bits per heavy atom. The van der Waals surface area contributed by atoms with Crippen LogP contribution < -0.4 is 15.5 Å². The number of nitrogens with one attached hydrogen (secondary N) is 2. The number of hydrogen-bond donors (Lipinski definition) is 2. The highest BCUT2D eigenvalue weighted by molar-refractivity contribution is 6.02. The maximum absolute atomic E-state index is 13.3. The van der Waals surface area contributed by atoms with Gasteiger partial charge in [0.15, 0.2) is 6.29 Å². The van der Waals surface area contributed by atoms with Gasteiger partial charge in [0.2, 0.25) is 5.91 Å². The number of nitrogens with zero attached hydrogens (tertiary/aromatic N) is 6. The van der Waals surface area contributed by atoms with Gasteiger partial charge in [-0.25, -0.2) is 14.8 Å². The monoisotopic (exact) mass is 562 g/mol. The summed E-state index contributed by atoms with van der Waals surface area (Å²) in [5, 5.41) is 15.3. The summed E-state index contributed by atoms with van der Waals surface area (Å²) in [7, 11) is 3.35. The van der Waals surface area contributed by atoms with E-state index in [1.165, 1.54) is 11.1 Å². The molecule has 2 aromatic heterocycles. The number of rotatable bonds is 10. The number of aryl methyl sites for hydroxylation is 1. The second-order valence-corrected chi connectivity index (χ2v) is 10.6. The van der Waals surface area contributed by atoms with Crippen LogP contribution in [0.3, 0.4) is 0 Å². The SMILES string of the molecule is COCCNc1cc(NC(=O)N2CCCc3cc(CN(C)C(=O)[C@@H]4CCCN4C(C)C)c(C=O)nc32)ncc1C#N. The quantitative estimate of drug-likeness (QED) is 0.330. The number of nitriles is 1. The molecule has 4 heterocycles. The summed E-state index contributed by atoms with van der Waals surface area (Å²) in [6.45, 7) is 6.72. The second kappa shape index (κ2) is 13.5. The van der Waals surface area contributed by atoms with E-state index in [0.29, 0.717) is 61.5 Å². The lowest BCUT2D eigenvalue weighted by atomic mass is 10.0. The predicted molar refractivity (Wildman–Crippen MR) is 155 cm³/mol. The van der Waals surface area contributed by atoms with Gasteiger partial charge in [-0.3, -0.25) is 24.7 Å². The number of urea groups is 1. The molecule has 12 heteroatoms. The van der Waals surface area contributed by atoms with E-state index in [-0.39, 0.29) is 36.0 Å². The fourth-order valence-electron chi connectivity index (χ4n) is 5.47. The van der Waals surface area contributed by atoms with Crippen LogP contribution in [0.1, 0.15) is 60.3 Å². The molecule has 1 saturated heterocycles. The highest BCUT2D eigenvalue weighted by Crippen LogP contribution is 2.29. The van der Waals surface area contributed by atoms with Crippen molar-refractivity contribution in [1.82, 2.24) is 19.8 Å². The first kappa shape index (κ1) is 29.9. The number of hydrogen-bond acceptors (Lipinski definition) is 9. The van der Waals surface area contributed by atoms with Crippen molar-refractivity contribution in [2.75, 3.05) is 55.9 Å². The van der Waals surface area contributed by atoms with Crippen molar-refractivity contribution < 1.29 is 19.1 Å². The summed E-state index contributed by atoms with van der Waals surface area (Å²) in [4.78, 5) is 52.9. The second-order valence-electron chi connectivity index (χ2n) is 10.6. The summed E-state index contributed by atoms with van der Waals surface area (Å²) >= 11 is 0. The van der Waals surface area contributed by atoms with E-state index in [0.717, 1.165) is 24.9 Å². The molecule has 2 N–H and O–H groups in total. The van der Waals surface area contributed by atoms with Crippen molar-refractivity contribution in [2.24, 2.45) is 0 Å². The molecule has 0 spiro atoms. The maximum Gasteiger partial charge on any atom is 0.328 e. The predicted octanol–water partition coefficient (Wildman–Crippen LogP) is 3.03. The number of likely N-dealkylation sites (tertiary alicyclic amines) is 1. The van der Waals surface area contributed by atoms with Crippen LogP contribution >= 0.6 is 0 Å². The number of fused-ring (bicyclic) bond motifs is 1. The van der Waals surface area contributed by atoms with Crippen LogP contribution in [-0.4, -0.2) is 90.5 Å². The minimum atomic E-state index is -0.439. The molecule has 2 aromatic rings. The van der Waals surface area contributed by atoms with Gasteiger partial charge in [-0.2, -0.15) is 5.26 Å². The Hall–Kier alpha value is -4.08. The van der Waals surface area contributed by atoms with Crippen molar-refractivity contribution >= 4 is 35.5 Å². The van der Waals surface area contributed by atoms with Crippen LogP contribution in [0.4, 0.5) is 22.1 Å². The van der Waals surface area contributed by atoms with Crippen molar-refractivity contribution in [2.45, 2.75) is 58.2 Å². The topological polar surface area (TPSA) is 144 Å². The number of carbonyl (C=O) groups is 3. The Morgan fingerprint density at radius 1 is 1.29 bits per heavy atom. The number of methoxy groups -OCH3 is 1. The van der Waals surface area contributed by atoms with Gasteiger partial charge in [0.05, 0.1) is 23.9 Å². The molecule has 3 amide bonds. The third kappa shape index (κ3) is 6.81. The largest absolute Gasteiger partial charge is 0.383 e. The highest BCUT2D eigenvalue weighted by atomic mass is 16.5. The van der Waals surface area contributed by atoms with E-state index in [4.69, 9.17) is 4.74 Å². The van der Waals surface area contributed by atoms with Crippen LogP contribution in [-0.2, 0) is 22.5 Å². The number of pyridine rings is 2. The smallest absolute Gasteiger partial charge is 0.328 e. The molecule has 1 fully saturated rings. The first-order valence-corrected chi connectivity index (χ1v) is 14.0. The summed E-state index contributed by atoms with van der Waals surface area (Å²) in [6, 6.07) is 5.26. The number of amides is 3. The van der Waals surface area contributed by atoms with Crippen molar-refractivity contribution in [3.63, 3.8) is 0 Å². The number of carbonyl (C=O) groups excluding carboxylic acids is 3. The van der Waals surface area contributed by atoms with Gasteiger partial charge in [0.1, 0.15) is 23.4 Å². The molecule has 12 nitrogen and oxygen atoms in total. The zero-order valence-electron chi connectivity index (χ0n) is 24.1. The van der Waals surface area contributed by atoms with Crippen LogP contribution in [0.2, 0.25) is 0 Å². The molecule has 2 aliphatic rings. The van der Waals surface area contributed by atoms with Crippen molar-refractivity contribution in [3.8, 4) is 6.07 Å². The Labute approximate surface area is 240 Å². The molecular weight excluding hydrogens is 524 g/mol. The zero-order chi connectivity index (χ0) is 29.5. The number of likely N-dealkylation sites (N-methyl/N-ethyl adjacent to an activating group) is 1. The fourth-order valence-corrected chi connectivity index (χ4v) is 5.47. The molecule has 4 rings (SSSR count). The van der Waals surface area contributed by atoms with Gasteiger partial charge in [0, 0.05) is 57.7 Å². The molecule has 218 valence electrons. The Balaban J connectivity index is 1.51. The highest BCUT2D eigenvalue weighted by Gasteiger charge is 2.34. The third-order valence-electron chi connectivity index (χ3n) is 7.54. The van der Waals surface area contributed by atoms with E-state index in [1.54, 1.807) is 25.1 Å². The van der Waals surface area contributed by atoms with Crippen LogP contribution in [0.5, 0.6) is 0 Å². The first-order valence-electron chi connectivity index (χ1n) is 14.0. The van der Waals surface area contributed by atoms with Crippen molar-refractivity contribution in [3.05, 3.63) is 40.7 Å². The molecule has 0 saturated carbocycles. The summed E-state index contributed by atoms with van der Waals surface area (Å²) in [5.74, 6) is 0.732. The first-order chi connectivity index (χ1) is 19.8. The van der Waals surface area contributed by atoms with E-state index >= 15 is 0 Å². The standard InChI is InChI=1S/C29H38N8O4/c1-19(2)36-10-6-8-25(36)28(39)35(3)17-21-13-20-7-5-11-37(27(20)33-24(21)18-38)29(40)34-26-14-23(31-9-12-41-4)22(15-30)16-32-26/h13-14,16,18-19,25H,5-12,17H2,1-4H3,(H2,31,32,34,40)/t25-/m0/s1. The Bertz CT molecular complexity index is 1320. The van der Waals surface area contributed by atoms with E-state index in [2.05, 4.69) is 45.4 Å². The van der Waals surface area contributed by atoms with Gasteiger partial charge in [0.25, 0.3) is 0 Å². The number of aldehydes is 1. The normalized spacial score (nSPS) is 16.7.